The zero-order valence-corrected chi connectivity index (χ0v) is 19.3. The molecule has 5 nitrogen and oxygen atoms in total. The molecule has 0 fully saturated rings. The van der Waals surface area contributed by atoms with Crippen molar-refractivity contribution in [3.05, 3.63) is 45.1 Å². The number of hydrogen-bond acceptors (Lipinski definition) is 3. The number of nitrogens with one attached hydrogen (secondary N) is 1. The van der Waals surface area contributed by atoms with Crippen LogP contribution in [0.25, 0.3) is 0 Å². The standard InChI is InChI=1S/C22H23Cl2F3N2O3/c1-4-5-8-29-15-10-20(2,3)11-16(30)17(15)21(19(29)32,22(25,26)27)28-18(31)13-7-6-12(23)9-14(13)24/h6-7,9H,4-5,8,10-11H2,1-3H3,(H,28,31). The molecule has 0 radical (unpaired) electrons. The molecule has 0 saturated heterocycles. The Labute approximate surface area is 193 Å². The predicted octanol–water partition coefficient (Wildman–Crippen LogP) is 5.31. The largest absolute Gasteiger partial charge is 0.425 e. The molecular weight excluding hydrogens is 468 g/mol. The predicted molar refractivity (Wildman–Crippen MR) is 114 cm³/mol. The van der Waals surface area contributed by atoms with E-state index in [9.17, 15) is 27.6 Å². The van der Waals surface area contributed by atoms with Crippen molar-refractivity contribution in [2.45, 2.75) is 58.2 Å². The molecule has 1 aliphatic carbocycles. The molecule has 1 heterocycles. The molecule has 174 valence electrons. The Bertz CT molecular complexity index is 1020. The molecule has 0 saturated carbocycles. The molecule has 0 bridgehead atoms. The summed E-state index contributed by atoms with van der Waals surface area (Å²) in [6, 6.07) is 3.67. The number of benzene rings is 1. The van der Waals surface area contributed by atoms with E-state index in [-0.39, 0.29) is 40.7 Å². The SMILES string of the molecule is CCCCN1C(=O)C(NC(=O)c2ccc(Cl)cc2Cl)(C(F)(F)F)C2=C1CC(C)(C)CC2=O. The molecular formula is C22H23Cl2F3N2O3. The summed E-state index contributed by atoms with van der Waals surface area (Å²) < 4.78 is 43.9. The van der Waals surface area contributed by atoms with Crippen molar-refractivity contribution in [1.29, 1.82) is 0 Å². The van der Waals surface area contributed by atoms with E-state index in [1.54, 1.807) is 13.8 Å². The number of unbranched alkanes of at least 4 members (excludes halogenated alkanes) is 1. The van der Waals surface area contributed by atoms with Crippen LogP contribution in [0.5, 0.6) is 0 Å². The van der Waals surface area contributed by atoms with E-state index in [4.69, 9.17) is 23.2 Å². The Morgan fingerprint density at radius 1 is 1.19 bits per heavy atom. The van der Waals surface area contributed by atoms with Gasteiger partial charge >= 0.3 is 6.18 Å². The monoisotopic (exact) mass is 490 g/mol. The van der Waals surface area contributed by atoms with Crippen LogP contribution in [0, 0.1) is 5.41 Å². The van der Waals surface area contributed by atoms with Gasteiger partial charge in [0.1, 0.15) is 0 Å². The molecule has 3 rings (SSSR count). The summed E-state index contributed by atoms with van der Waals surface area (Å²) in [6.07, 6.45) is -4.23. The summed E-state index contributed by atoms with van der Waals surface area (Å²) in [6.45, 7) is 5.38. The van der Waals surface area contributed by atoms with E-state index in [2.05, 4.69) is 0 Å². The second-order valence-corrected chi connectivity index (χ2v) is 9.74. The maximum Gasteiger partial charge on any atom is 0.425 e. The lowest BCUT2D eigenvalue weighted by Gasteiger charge is -2.35. The molecule has 1 aromatic rings. The first-order valence-electron chi connectivity index (χ1n) is 10.2. The summed E-state index contributed by atoms with van der Waals surface area (Å²) >= 11 is 11.8. The first-order chi connectivity index (χ1) is 14.7. The lowest BCUT2D eigenvalue weighted by Crippen LogP contribution is -2.66. The van der Waals surface area contributed by atoms with Crippen LogP contribution >= 0.6 is 23.2 Å². The maximum atomic E-state index is 14.6. The van der Waals surface area contributed by atoms with Gasteiger partial charge in [0.2, 0.25) is 5.54 Å². The Balaban J connectivity index is 2.18. The van der Waals surface area contributed by atoms with Gasteiger partial charge in [-0.05, 0) is 36.5 Å². The number of nitrogens with zero attached hydrogens (tertiary/aromatic N) is 1. The maximum absolute atomic E-state index is 14.6. The Hall–Kier alpha value is -2.06. The van der Waals surface area contributed by atoms with Crippen LogP contribution in [0.4, 0.5) is 13.2 Å². The average molecular weight is 491 g/mol. The van der Waals surface area contributed by atoms with Gasteiger partial charge in [0.05, 0.1) is 16.2 Å². The highest BCUT2D eigenvalue weighted by Gasteiger charge is 2.71. The number of alkyl halides is 3. The molecule has 0 spiro atoms. The van der Waals surface area contributed by atoms with E-state index in [0.717, 1.165) is 4.90 Å². The molecule has 1 aliphatic heterocycles. The number of carbonyl (C=O) groups excluding carboxylic acids is 3. The minimum absolute atomic E-state index is 0.0208. The Morgan fingerprint density at radius 2 is 1.84 bits per heavy atom. The molecule has 2 aliphatic rings. The zero-order valence-electron chi connectivity index (χ0n) is 17.8. The van der Waals surface area contributed by atoms with Crippen LogP contribution in [-0.4, -0.2) is 40.8 Å². The molecule has 10 heteroatoms. The normalized spacial score (nSPS) is 22.9. The first-order valence-corrected chi connectivity index (χ1v) is 10.9. The average Bonchev–Trinajstić information content (AvgIpc) is 2.87. The Morgan fingerprint density at radius 3 is 2.41 bits per heavy atom. The van der Waals surface area contributed by atoms with Gasteiger partial charge in [-0.2, -0.15) is 13.2 Å². The third-order valence-electron chi connectivity index (χ3n) is 5.76. The van der Waals surface area contributed by atoms with E-state index in [0.29, 0.717) is 12.8 Å². The van der Waals surface area contributed by atoms with Crippen LogP contribution in [0.1, 0.15) is 56.8 Å². The zero-order chi connectivity index (χ0) is 24.1. The highest BCUT2D eigenvalue weighted by molar-refractivity contribution is 6.36. The van der Waals surface area contributed by atoms with Crippen molar-refractivity contribution in [3.8, 4) is 0 Å². The second kappa shape index (κ2) is 8.37. The van der Waals surface area contributed by atoms with Crippen molar-refractivity contribution in [2.75, 3.05) is 6.54 Å². The van der Waals surface area contributed by atoms with Crippen molar-refractivity contribution in [2.24, 2.45) is 5.41 Å². The van der Waals surface area contributed by atoms with Gasteiger partial charge in [-0.25, -0.2) is 0 Å². The van der Waals surface area contributed by atoms with Gasteiger partial charge in [0.25, 0.3) is 11.8 Å². The fourth-order valence-electron chi connectivity index (χ4n) is 4.29. The van der Waals surface area contributed by atoms with Crippen molar-refractivity contribution in [3.63, 3.8) is 0 Å². The minimum atomic E-state index is -5.25. The van der Waals surface area contributed by atoms with Gasteiger partial charge in [-0.3, -0.25) is 14.4 Å². The van der Waals surface area contributed by atoms with E-state index in [1.165, 1.54) is 18.2 Å². The fraction of sp³-hybridized carbons (Fsp3) is 0.500. The molecule has 1 N–H and O–H groups in total. The minimum Gasteiger partial charge on any atom is -0.326 e. The third-order valence-corrected chi connectivity index (χ3v) is 6.30. The van der Waals surface area contributed by atoms with Gasteiger partial charge in [-0.15, -0.1) is 0 Å². The summed E-state index contributed by atoms with van der Waals surface area (Å²) in [5.74, 6) is -3.39. The summed E-state index contributed by atoms with van der Waals surface area (Å²) in [7, 11) is 0. The number of allylic oxidation sites excluding steroid dienone is 1. The summed E-state index contributed by atoms with van der Waals surface area (Å²) in [4.78, 5) is 40.3. The van der Waals surface area contributed by atoms with Gasteiger partial charge in [0.15, 0.2) is 5.78 Å². The number of halogens is 5. The van der Waals surface area contributed by atoms with Gasteiger partial charge < -0.3 is 10.2 Å². The van der Waals surface area contributed by atoms with Crippen molar-refractivity contribution < 1.29 is 27.6 Å². The topological polar surface area (TPSA) is 66.5 Å². The smallest absolute Gasteiger partial charge is 0.326 e. The van der Waals surface area contributed by atoms with Crippen LogP contribution in [-0.2, 0) is 9.59 Å². The number of hydrogen-bond donors (Lipinski definition) is 1. The number of rotatable bonds is 5. The summed E-state index contributed by atoms with van der Waals surface area (Å²) in [5, 5.41) is 1.87. The lowest BCUT2D eigenvalue weighted by molar-refractivity contribution is -0.190. The number of amides is 2. The van der Waals surface area contributed by atoms with Crippen LogP contribution < -0.4 is 5.32 Å². The van der Waals surface area contributed by atoms with Crippen molar-refractivity contribution in [1.82, 2.24) is 10.2 Å². The fourth-order valence-corrected chi connectivity index (χ4v) is 4.78. The quantitative estimate of drug-likeness (QED) is 0.607. The van der Waals surface area contributed by atoms with Crippen LogP contribution in [0.3, 0.4) is 0 Å². The summed E-state index contributed by atoms with van der Waals surface area (Å²) in [5.41, 5.74) is -5.03. The van der Waals surface area contributed by atoms with Gasteiger partial charge in [0, 0.05) is 23.7 Å². The number of carbonyl (C=O) groups is 3. The highest BCUT2D eigenvalue weighted by Crippen LogP contribution is 2.51. The first kappa shape index (κ1) is 24.6. The van der Waals surface area contributed by atoms with E-state index in [1.807, 2.05) is 12.2 Å². The molecule has 2 amide bonds. The number of ketones is 1. The second-order valence-electron chi connectivity index (χ2n) is 8.90. The molecule has 32 heavy (non-hydrogen) atoms. The van der Waals surface area contributed by atoms with Crippen LogP contribution in [0.15, 0.2) is 29.5 Å². The molecule has 1 unspecified atom stereocenters. The van der Waals surface area contributed by atoms with E-state index < -0.39 is 40.3 Å². The van der Waals surface area contributed by atoms with E-state index >= 15 is 0 Å². The Kier molecular flexibility index (Phi) is 6.43. The molecule has 1 atom stereocenters. The van der Waals surface area contributed by atoms with Crippen LogP contribution in [0.2, 0.25) is 10.0 Å². The van der Waals surface area contributed by atoms with Gasteiger partial charge in [-0.1, -0.05) is 50.4 Å². The van der Waals surface area contributed by atoms with Crippen molar-refractivity contribution >= 4 is 40.8 Å². The third kappa shape index (κ3) is 4.03. The molecule has 1 aromatic carbocycles. The highest BCUT2D eigenvalue weighted by atomic mass is 35.5. The lowest BCUT2D eigenvalue weighted by atomic mass is 9.72. The molecule has 0 aromatic heterocycles. The number of Topliss-reactive ketones (excluding diaryl/α,β-unsaturated/α-hetero) is 1.